The summed E-state index contributed by atoms with van der Waals surface area (Å²) < 4.78 is 34.5. The first kappa shape index (κ1) is 20.5. The highest BCUT2D eigenvalue weighted by atomic mass is 19.1. The van der Waals surface area contributed by atoms with Gasteiger partial charge in [-0.15, -0.1) is 0 Å². The van der Waals surface area contributed by atoms with Crippen LogP contribution in [0.1, 0.15) is 33.7 Å². The smallest absolute Gasteiger partial charge is 0.253 e. The third-order valence-electron chi connectivity index (χ3n) is 5.83. The summed E-state index contributed by atoms with van der Waals surface area (Å²) in [6, 6.07) is 8.95. The van der Waals surface area contributed by atoms with Crippen LogP contribution in [0.3, 0.4) is 0 Å². The quantitative estimate of drug-likeness (QED) is 0.615. The number of nitrogens with zero attached hydrogens (tertiary/aromatic N) is 3. The number of amides is 1. The fraction of sp³-hybridized carbons (Fsp3) is 0.292. The van der Waals surface area contributed by atoms with Crippen LogP contribution in [0, 0.1) is 11.6 Å². The zero-order chi connectivity index (χ0) is 22.1. The Kier molecular flexibility index (Phi) is 5.53. The first-order chi connectivity index (χ1) is 15.6. The van der Waals surface area contributed by atoms with Crippen LogP contribution in [0.25, 0.3) is 11.3 Å². The molecule has 4 heterocycles. The van der Waals surface area contributed by atoms with E-state index in [9.17, 15) is 13.6 Å². The molecule has 1 aromatic carbocycles. The Bertz CT molecular complexity index is 1140. The molecule has 0 atom stereocenters. The number of halogens is 2. The molecule has 164 valence electrons. The van der Waals surface area contributed by atoms with Crippen LogP contribution in [0.4, 0.5) is 8.78 Å². The van der Waals surface area contributed by atoms with Crippen LogP contribution < -0.4 is 10.1 Å². The highest BCUT2D eigenvalue weighted by molar-refractivity contribution is 5.99. The van der Waals surface area contributed by atoms with E-state index >= 15 is 0 Å². The largest absolute Gasteiger partial charge is 0.491 e. The predicted octanol–water partition coefficient (Wildman–Crippen LogP) is 3.34. The van der Waals surface area contributed by atoms with E-state index in [4.69, 9.17) is 4.74 Å². The van der Waals surface area contributed by atoms with Crippen molar-refractivity contribution < 1.29 is 18.3 Å². The fourth-order valence-corrected chi connectivity index (χ4v) is 4.02. The topological polar surface area (TPSA) is 67.3 Å². The lowest BCUT2D eigenvalue weighted by atomic mass is 9.98. The van der Waals surface area contributed by atoms with Gasteiger partial charge >= 0.3 is 0 Å². The molecule has 1 saturated heterocycles. The van der Waals surface area contributed by atoms with E-state index in [1.54, 1.807) is 12.3 Å². The van der Waals surface area contributed by atoms with E-state index in [0.29, 0.717) is 41.3 Å². The normalized spacial score (nSPS) is 15.2. The van der Waals surface area contributed by atoms with E-state index < -0.39 is 11.6 Å². The van der Waals surface area contributed by atoms with Crippen molar-refractivity contribution in [3.8, 4) is 17.0 Å². The van der Waals surface area contributed by atoms with E-state index in [0.717, 1.165) is 19.6 Å². The minimum absolute atomic E-state index is 0.164. The Morgan fingerprint density at radius 2 is 1.91 bits per heavy atom. The molecular formula is C24H22F2N4O2. The molecule has 0 unspecified atom stereocenters. The molecular weight excluding hydrogens is 414 g/mol. The summed E-state index contributed by atoms with van der Waals surface area (Å²) >= 11 is 0. The third-order valence-corrected chi connectivity index (χ3v) is 5.83. The van der Waals surface area contributed by atoms with E-state index in [1.165, 1.54) is 24.6 Å². The van der Waals surface area contributed by atoms with Gasteiger partial charge in [-0.2, -0.15) is 0 Å². The van der Waals surface area contributed by atoms with Gasteiger partial charge in [0.2, 0.25) is 0 Å². The number of ether oxygens (including phenoxy) is 1. The van der Waals surface area contributed by atoms with Crippen LogP contribution in [0.5, 0.6) is 5.75 Å². The molecule has 3 aromatic rings. The maximum absolute atomic E-state index is 14.4. The van der Waals surface area contributed by atoms with Gasteiger partial charge in [0.1, 0.15) is 24.0 Å². The number of rotatable bonds is 7. The van der Waals surface area contributed by atoms with Gasteiger partial charge in [-0.1, -0.05) is 6.07 Å². The van der Waals surface area contributed by atoms with Crippen molar-refractivity contribution in [3.05, 3.63) is 76.7 Å². The van der Waals surface area contributed by atoms with Crippen molar-refractivity contribution in [1.82, 2.24) is 20.2 Å². The second-order valence-electron chi connectivity index (χ2n) is 7.97. The Balaban J connectivity index is 1.39. The van der Waals surface area contributed by atoms with Gasteiger partial charge in [0.25, 0.3) is 5.91 Å². The Morgan fingerprint density at radius 1 is 1.09 bits per heavy atom. The van der Waals surface area contributed by atoms with Gasteiger partial charge in [-0.05, 0) is 55.4 Å². The van der Waals surface area contributed by atoms with Crippen molar-refractivity contribution in [3.63, 3.8) is 0 Å². The van der Waals surface area contributed by atoms with Crippen LogP contribution >= 0.6 is 0 Å². The van der Waals surface area contributed by atoms with Gasteiger partial charge in [-0.25, -0.2) is 13.8 Å². The lowest BCUT2D eigenvalue weighted by Gasteiger charge is -2.30. The van der Waals surface area contributed by atoms with Gasteiger partial charge < -0.3 is 10.1 Å². The fourth-order valence-electron chi connectivity index (χ4n) is 4.02. The molecule has 1 N–H and O–H groups in total. The van der Waals surface area contributed by atoms with Crippen molar-refractivity contribution in [1.29, 1.82) is 0 Å². The summed E-state index contributed by atoms with van der Waals surface area (Å²) in [6.45, 7) is 3.99. The lowest BCUT2D eigenvalue weighted by molar-refractivity contribution is 0.0965. The SMILES string of the molecule is O=C1NCc2nc(-c3c(F)cccc3F)cc(Cc3ccc(OCCN4CCC4)cn3)c21. The maximum atomic E-state index is 14.4. The number of benzene rings is 1. The molecule has 6 nitrogen and oxygen atoms in total. The number of pyridine rings is 2. The average Bonchev–Trinajstić information content (AvgIpc) is 3.12. The molecule has 5 rings (SSSR count). The highest BCUT2D eigenvalue weighted by Gasteiger charge is 2.27. The first-order valence-electron chi connectivity index (χ1n) is 10.6. The Labute approximate surface area is 184 Å². The summed E-state index contributed by atoms with van der Waals surface area (Å²) in [6.07, 6.45) is 3.23. The molecule has 0 radical (unpaired) electrons. The summed E-state index contributed by atoms with van der Waals surface area (Å²) in [5, 5.41) is 2.74. The molecule has 0 bridgehead atoms. The van der Waals surface area contributed by atoms with Crippen molar-refractivity contribution >= 4 is 5.91 Å². The molecule has 8 heteroatoms. The molecule has 2 aliphatic rings. The van der Waals surface area contributed by atoms with Crippen LogP contribution in [0.2, 0.25) is 0 Å². The van der Waals surface area contributed by atoms with Crippen molar-refractivity contribution in [2.75, 3.05) is 26.2 Å². The molecule has 0 aliphatic carbocycles. The van der Waals surface area contributed by atoms with Gasteiger partial charge in [0, 0.05) is 18.7 Å². The number of carbonyl (C=O) groups excluding carboxylic acids is 1. The average molecular weight is 436 g/mol. The standard InChI is InChI=1S/C24H22F2N4O2/c25-18-3-1-4-19(26)23(18)20-12-15(22-21(29-20)14-28-24(22)31)11-16-5-6-17(13-27-16)32-10-9-30-7-2-8-30/h1,3-6,12-13H,2,7-11,14H2,(H,28,31). The monoisotopic (exact) mass is 436 g/mol. The maximum Gasteiger partial charge on any atom is 0.253 e. The first-order valence-corrected chi connectivity index (χ1v) is 10.6. The number of nitrogens with one attached hydrogen (secondary N) is 1. The number of fused-ring (bicyclic) bond motifs is 1. The molecule has 0 saturated carbocycles. The van der Waals surface area contributed by atoms with E-state index in [2.05, 4.69) is 20.2 Å². The van der Waals surface area contributed by atoms with E-state index in [-0.39, 0.29) is 23.7 Å². The number of hydrogen-bond acceptors (Lipinski definition) is 5. The Morgan fingerprint density at radius 3 is 2.59 bits per heavy atom. The lowest BCUT2D eigenvalue weighted by Crippen LogP contribution is -2.39. The zero-order valence-electron chi connectivity index (χ0n) is 17.4. The Hall–Kier alpha value is -3.39. The second kappa shape index (κ2) is 8.63. The minimum Gasteiger partial charge on any atom is -0.491 e. The van der Waals surface area contributed by atoms with Crippen molar-refractivity contribution in [2.45, 2.75) is 19.4 Å². The summed E-state index contributed by atoms with van der Waals surface area (Å²) in [7, 11) is 0. The molecule has 1 amide bonds. The number of carbonyl (C=O) groups is 1. The number of aromatic nitrogens is 2. The van der Waals surface area contributed by atoms with Crippen LogP contribution in [0.15, 0.2) is 42.6 Å². The molecule has 0 spiro atoms. The van der Waals surface area contributed by atoms with Gasteiger partial charge in [0.15, 0.2) is 0 Å². The molecule has 32 heavy (non-hydrogen) atoms. The van der Waals surface area contributed by atoms with Crippen LogP contribution in [-0.4, -0.2) is 47.0 Å². The molecule has 2 aliphatic heterocycles. The number of hydrogen-bond donors (Lipinski definition) is 1. The zero-order valence-corrected chi connectivity index (χ0v) is 17.4. The minimum atomic E-state index is -0.696. The third kappa shape index (κ3) is 4.05. The van der Waals surface area contributed by atoms with Gasteiger partial charge in [0.05, 0.1) is 35.3 Å². The highest BCUT2D eigenvalue weighted by Crippen LogP contribution is 2.30. The second-order valence-corrected chi connectivity index (χ2v) is 7.97. The summed E-state index contributed by atoms with van der Waals surface area (Å²) in [5.74, 6) is -0.952. The molecule has 2 aromatic heterocycles. The van der Waals surface area contributed by atoms with Crippen LogP contribution in [-0.2, 0) is 13.0 Å². The summed E-state index contributed by atoms with van der Waals surface area (Å²) in [4.78, 5) is 23.5. The van der Waals surface area contributed by atoms with Crippen molar-refractivity contribution in [2.24, 2.45) is 0 Å². The van der Waals surface area contributed by atoms with E-state index in [1.807, 2.05) is 12.1 Å². The van der Waals surface area contributed by atoms with Gasteiger partial charge in [-0.3, -0.25) is 14.7 Å². The molecule has 1 fully saturated rings. The number of likely N-dealkylation sites (tertiary alicyclic amines) is 1. The summed E-state index contributed by atoms with van der Waals surface area (Å²) in [5.41, 5.74) is 2.24. The predicted molar refractivity (Wildman–Crippen MR) is 114 cm³/mol.